The summed E-state index contributed by atoms with van der Waals surface area (Å²) in [7, 11) is 1.78. The normalized spacial score (nSPS) is 20.8. The fourth-order valence-electron chi connectivity index (χ4n) is 3.10. The smallest absolute Gasteiger partial charge is 0.254 e. The van der Waals surface area contributed by atoms with Gasteiger partial charge in [0.15, 0.2) is 0 Å². The van der Waals surface area contributed by atoms with Crippen LogP contribution < -0.4 is 10.9 Å². The molecule has 128 valence electrons. The molecule has 1 saturated carbocycles. The molecule has 2 aromatic rings. The molecule has 0 bridgehead atoms. The van der Waals surface area contributed by atoms with Crippen molar-refractivity contribution in [3.63, 3.8) is 0 Å². The molecule has 0 aliphatic heterocycles. The fourth-order valence-corrected chi connectivity index (χ4v) is 3.10. The maximum atomic E-state index is 11.9. The van der Waals surface area contributed by atoms with Gasteiger partial charge in [0.1, 0.15) is 11.6 Å². The summed E-state index contributed by atoms with van der Waals surface area (Å²) in [5.41, 5.74) is 2.09. The lowest BCUT2D eigenvalue weighted by molar-refractivity contribution is 0.0669. The number of methoxy groups -OCH3 is 1. The minimum atomic E-state index is -0.104. The molecule has 3 rings (SSSR count). The number of H-pyrrole nitrogens is 1. The Morgan fingerprint density at radius 1 is 1.29 bits per heavy atom. The third-order valence-electron chi connectivity index (χ3n) is 4.74. The summed E-state index contributed by atoms with van der Waals surface area (Å²) in [5.74, 6) is 1.39. The summed E-state index contributed by atoms with van der Waals surface area (Å²) in [6, 6.07) is 4.25. The molecule has 6 nitrogen and oxygen atoms in total. The molecule has 0 aromatic carbocycles. The predicted molar refractivity (Wildman–Crippen MR) is 94.2 cm³/mol. The van der Waals surface area contributed by atoms with Gasteiger partial charge in [0, 0.05) is 36.2 Å². The van der Waals surface area contributed by atoms with Crippen LogP contribution in [0.2, 0.25) is 0 Å². The SMILES string of the molecule is COC1CCCC(Nc2ccc(-c3nc(C)c(C)c(=O)[nH]3)cn2)C1. The molecule has 0 saturated heterocycles. The standard InChI is InChI=1S/C18H24N4O2/c1-11-12(2)20-17(22-18(11)23)13-7-8-16(19-10-13)21-14-5-4-6-15(9-14)24-3/h7-8,10,14-15H,4-6,9H2,1-3H3,(H,19,21)(H,20,22,23). The van der Waals surface area contributed by atoms with Gasteiger partial charge in [-0.25, -0.2) is 9.97 Å². The van der Waals surface area contributed by atoms with E-state index in [4.69, 9.17) is 4.74 Å². The summed E-state index contributed by atoms with van der Waals surface area (Å²) in [4.78, 5) is 23.6. The number of ether oxygens (including phenoxy) is 1. The van der Waals surface area contributed by atoms with E-state index in [1.165, 1.54) is 6.42 Å². The highest BCUT2D eigenvalue weighted by molar-refractivity contribution is 5.56. The Labute approximate surface area is 141 Å². The van der Waals surface area contributed by atoms with Crippen molar-refractivity contribution < 1.29 is 4.74 Å². The molecule has 2 aromatic heterocycles. The lowest BCUT2D eigenvalue weighted by Crippen LogP contribution is -2.31. The first kappa shape index (κ1) is 16.6. The van der Waals surface area contributed by atoms with Gasteiger partial charge in [0.25, 0.3) is 5.56 Å². The average molecular weight is 328 g/mol. The number of aromatic nitrogens is 3. The van der Waals surface area contributed by atoms with Crippen molar-refractivity contribution >= 4 is 5.82 Å². The number of aryl methyl sites for hydroxylation is 1. The van der Waals surface area contributed by atoms with Crippen molar-refractivity contribution in [2.45, 2.75) is 51.7 Å². The number of nitrogens with one attached hydrogen (secondary N) is 2. The van der Waals surface area contributed by atoms with Gasteiger partial charge in [-0.15, -0.1) is 0 Å². The van der Waals surface area contributed by atoms with Crippen LogP contribution in [0.3, 0.4) is 0 Å². The van der Waals surface area contributed by atoms with Crippen LogP contribution in [0.5, 0.6) is 0 Å². The van der Waals surface area contributed by atoms with E-state index < -0.39 is 0 Å². The number of hydrogen-bond acceptors (Lipinski definition) is 5. The summed E-state index contributed by atoms with van der Waals surface area (Å²) < 4.78 is 5.47. The Bertz CT molecular complexity index is 755. The third kappa shape index (κ3) is 3.64. The molecule has 24 heavy (non-hydrogen) atoms. The predicted octanol–water partition coefficient (Wildman–Crippen LogP) is 2.82. The van der Waals surface area contributed by atoms with Crippen LogP contribution in [0.15, 0.2) is 23.1 Å². The van der Waals surface area contributed by atoms with Crippen LogP contribution in [0, 0.1) is 13.8 Å². The van der Waals surface area contributed by atoms with Crippen LogP contribution in [0.4, 0.5) is 5.82 Å². The van der Waals surface area contributed by atoms with Crippen molar-refractivity contribution in [3.05, 3.63) is 39.9 Å². The Balaban J connectivity index is 1.73. The average Bonchev–Trinajstić information content (AvgIpc) is 2.60. The van der Waals surface area contributed by atoms with Gasteiger partial charge in [0.2, 0.25) is 0 Å². The minimum Gasteiger partial charge on any atom is -0.381 e. The second kappa shape index (κ2) is 7.13. The van der Waals surface area contributed by atoms with Crippen molar-refractivity contribution in [2.75, 3.05) is 12.4 Å². The lowest BCUT2D eigenvalue weighted by Gasteiger charge is -2.29. The highest BCUT2D eigenvalue weighted by Gasteiger charge is 2.21. The maximum Gasteiger partial charge on any atom is 0.254 e. The largest absolute Gasteiger partial charge is 0.381 e. The van der Waals surface area contributed by atoms with Crippen molar-refractivity contribution in [2.24, 2.45) is 0 Å². The van der Waals surface area contributed by atoms with Gasteiger partial charge < -0.3 is 15.0 Å². The molecule has 1 aliphatic carbocycles. The molecule has 2 atom stereocenters. The van der Waals surface area contributed by atoms with E-state index in [1.54, 1.807) is 20.2 Å². The summed E-state index contributed by atoms with van der Waals surface area (Å²) in [6.07, 6.45) is 6.52. The molecule has 0 radical (unpaired) electrons. The second-order valence-corrected chi connectivity index (χ2v) is 6.42. The molecule has 6 heteroatoms. The number of aromatic amines is 1. The Morgan fingerprint density at radius 3 is 2.79 bits per heavy atom. The number of hydrogen-bond donors (Lipinski definition) is 2. The van der Waals surface area contributed by atoms with Crippen LogP contribution in [0.1, 0.15) is 36.9 Å². The first-order valence-corrected chi connectivity index (χ1v) is 8.40. The van der Waals surface area contributed by atoms with Crippen LogP contribution in [0.25, 0.3) is 11.4 Å². The first-order valence-electron chi connectivity index (χ1n) is 8.40. The molecule has 2 N–H and O–H groups in total. The van der Waals surface area contributed by atoms with Gasteiger partial charge in [-0.1, -0.05) is 0 Å². The molecular formula is C18H24N4O2. The van der Waals surface area contributed by atoms with Gasteiger partial charge in [-0.2, -0.15) is 0 Å². The van der Waals surface area contributed by atoms with Gasteiger partial charge in [-0.05, 0) is 51.7 Å². The van der Waals surface area contributed by atoms with Crippen LogP contribution >= 0.6 is 0 Å². The van der Waals surface area contributed by atoms with Gasteiger partial charge >= 0.3 is 0 Å². The zero-order valence-electron chi connectivity index (χ0n) is 14.4. The van der Waals surface area contributed by atoms with E-state index in [0.29, 0.717) is 23.5 Å². The molecule has 0 amide bonds. The zero-order chi connectivity index (χ0) is 17.1. The highest BCUT2D eigenvalue weighted by atomic mass is 16.5. The quantitative estimate of drug-likeness (QED) is 0.902. The minimum absolute atomic E-state index is 0.104. The molecule has 1 fully saturated rings. The van der Waals surface area contributed by atoms with E-state index in [2.05, 4.69) is 20.3 Å². The van der Waals surface area contributed by atoms with Crippen LogP contribution in [-0.2, 0) is 4.74 Å². The number of pyridine rings is 1. The first-order chi connectivity index (χ1) is 11.6. The van der Waals surface area contributed by atoms with E-state index in [9.17, 15) is 4.79 Å². The fraction of sp³-hybridized carbons (Fsp3) is 0.500. The van der Waals surface area contributed by atoms with E-state index in [-0.39, 0.29) is 5.56 Å². The Kier molecular flexibility index (Phi) is 4.94. The lowest BCUT2D eigenvalue weighted by atomic mass is 9.93. The van der Waals surface area contributed by atoms with Crippen molar-refractivity contribution in [1.29, 1.82) is 0 Å². The Hall–Kier alpha value is -2.21. The molecule has 2 unspecified atom stereocenters. The maximum absolute atomic E-state index is 11.9. The highest BCUT2D eigenvalue weighted by Crippen LogP contribution is 2.24. The Morgan fingerprint density at radius 2 is 2.12 bits per heavy atom. The second-order valence-electron chi connectivity index (χ2n) is 6.42. The third-order valence-corrected chi connectivity index (χ3v) is 4.74. The number of rotatable bonds is 4. The van der Waals surface area contributed by atoms with Gasteiger partial charge in [-0.3, -0.25) is 4.79 Å². The zero-order valence-corrected chi connectivity index (χ0v) is 14.4. The molecule has 1 aliphatic rings. The van der Waals surface area contributed by atoms with Crippen molar-refractivity contribution in [1.82, 2.24) is 15.0 Å². The topological polar surface area (TPSA) is 79.9 Å². The molecular weight excluding hydrogens is 304 g/mol. The summed E-state index contributed by atoms with van der Waals surface area (Å²) in [5, 5.41) is 3.47. The van der Waals surface area contributed by atoms with E-state index >= 15 is 0 Å². The molecule has 2 heterocycles. The van der Waals surface area contributed by atoms with Crippen molar-refractivity contribution in [3.8, 4) is 11.4 Å². The summed E-state index contributed by atoms with van der Waals surface area (Å²) in [6.45, 7) is 3.61. The van der Waals surface area contributed by atoms with E-state index in [1.807, 2.05) is 19.1 Å². The summed E-state index contributed by atoms with van der Waals surface area (Å²) >= 11 is 0. The monoisotopic (exact) mass is 328 g/mol. The number of anilines is 1. The molecule has 0 spiro atoms. The van der Waals surface area contributed by atoms with E-state index in [0.717, 1.165) is 36.3 Å². The number of nitrogens with zero attached hydrogens (tertiary/aromatic N) is 2. The van der Waals surface area contributed by atoms with Crippen LogP contribution in [-0.4, -0.2) is 34.2 Å². The van der Waals surface area contributed by atoms with Gasteiger partial charge in [0.05, 0.1) is 6.10 Å².